The highest BCUT2D eigenvalue weighted by atomic mass is 16.3. The Morgan fingerprint density at radius 1 is 1.21 bits per heavy atom. The first-order valence-electron chi connectivity index (χ1n) is 8.00. The summed E-state index contributed by atoms with van der Waals surface area (Å²) in [6.45, 7) is 4.20. The number of aliphatic hydroxyl groups excluding tert-OH is 1. The molecule has 0 radical (unpaired) electrons. The van der Waals surface area contributed by atoms with E-state index in [1.807, 2.05) is 30.3 Å². The van der Waals surface area contributed by atoms with Crippen LogP contribution in [0.15, 0.2) is 36.4 Å². The highest BCUT2D eigenvalue weighted by Crippen LogP contribution is 2.39. The number of hydrogen-bond donors (Lipinski definition) is 3. The molecule has 122 valence electrons. The van der Waals surface area contributed by atoms with Gasteiger partial charge in [-0.25, -0.2) is 4.98 Å². The van der Waals surface area contributed by atoms with E-state index in [0.717, 1.165) is 39.2 Å². The summed E-state index contributed by atoms with van der Waals surface area (Å²) in [7, 11) is 0. The Morgan fingerprint density at radius 2 is 1.96 bits per heavy atom. The van der Waals surface area contributed by atoms with Crippen LogP contribution in [0.3, 0.4) is 0 Å². The molecule has 0 aliphatic carbocycles. The summed E-state index contributed by atoms with van der Waals surface area (Å²) in [5.74, 6) is 0.822. The maximum Gasteiger partial charge on any atom is 0.225 e. The Hall–Kier alpha value is -2.66. The number of carbonyl (C=O) groups excluding carboxylic acids is 1. The third-order valence-electron chi connectivity index (χ3n) is 4.64. The van der Waals surface area contributed by atoms with Gasteiger partial charge < -0.3 is 15.4 Å². The number of benzene rings is 2. The molecule has 2 heterocycles. The lowest BCUT2D eigenvalue weighted by Crippen LogP contribution is -2.32. The topological polar surface area (TPSA) is 78.0 Å². The zero-order chi connectivity index (χ0) is 16.9. The molecule has 0 fully saturated rings. The zero-order valence-electron chi connectivity index (χ0n) is 13.7. The predicted octanol–water partition coefficient (Wildman–Crippen LogP) is 3.34. The molecule has 5 nitrogen and oxygen atoms in total. The van der Waals surface area contributed by atoms with Gasteiger partial charge in [0.1, 0.15) is 5.82 Å². The lowest BCUT2D eigenvalue weighted by Gasteiger charge is -2.31. The summed E-state index contributed by atoms with van der Waals surface area (Å²) in [4.78, 5) is 19.9. The number of aromatic amines is 1. The van der Waals surface area contributed by atoms with E-state index in [1.165, 1.54) is 0 Å². The van der Waals surface area contributed by atoms with E-state index in [0.29, 0.717) is 6.42 Å². The SMILES string of the molecule is CC1(C)CC(=O)Nc2cc3nc(-c4ccc(CO)cc4)[nH]c3cc21. The predicted molar refractivity (Wildman–Crippen MR) is 93.7 cm³/mol. The Labute approximate surface area is 139 Å². The van der Waals surface area contributed by atoms with Crippen LogP contribution in [-0.2, 0) is 16.8 Å². The van der Waals surface area contributed by atoms with E-state index in [4.69, 9.17) is 5.11 Å². The Bertz CT molecular complexity index is 939. The van der Waals surface area contributed by atoms with Gasteiger partial charge in [-0.15, -0.1) is 0 Å². The minimum atomic E-state index is -0.195. The number of rotatable bonds is 2. The van der Waals surface area contributed by atoms with Crippen LogP contribution in [0.25, 0.3) is 22.4 Å². The molecule has 1 aliphatic heterocycles. The quantitative estimate of drug-likeness (QED) is 0.677. The Balaban J connectivity index is 1.82. The van der Waals surface area contributed by atoms with Gasteiger partial charge in [0.25, 0.3) is 0 Å². The van der Waals surface area contributed by atoms with Crippen molar-refractivity contribution >= 4 is 22.6 Å². The molecule has 3 aromatic rings. The fourth-order valence-electron chi connectivity index (χ4n) is 3.32. The van der Waals surface area contributed by atoms with Gasteiger partial charge in [0.2, 0.25) is 5.91 Å². The summed E-state index contributed by atoms with van der Waals surface area (Å²) in [6.07, 6.45) is 0.481. The number of fused-ring (bicyclic) bond motifs is 2. The van der Waals surface area contributed by atoms with Crippen molar-refractivity contribution in [3.63, 3.8) is 0 Å². The van der Waals surface area contributed by atoms with E-state index in [2.05, 4.69) is 35.2 Å². The second-order valence-corrected chi connectivity index (χ2v) is 6.96. The zero-order valence-corrected chi connectivity index (χ0v) is 13.7. The highest BCUT2D eigenvalue weighted by molar-refractivity contribution is 5.98. The van der Waals surface area contributed by atoms with Gasteiger partial charge in [0.15, 0.2) is 0 Å². The third kappa shape index (κ3) is 2.37. The first-order valence-corrected chi connectivity index (χ1v) is 8.00. The van der Waals surface area contributed by atoms with Crippen LogP contribution in [-0.4, -0.2) is 21.0 Å². The maximum atomic E-state index is 11.9. The van der Waals surface area contributed by atoms with Crippen molar-refractivity contribution in [1.82, 2.24) is 9.97 Å². The minimum absolute atomic E-state index is 0.0297. The van der Waals surface area contributed by atoms with Crippen molar-refractivity contribution in [2.45, 2.75) is 32.3 Å². The van der Waals surface area contributed by atoms with E-state index in [-0.39, 0.29) is 17.9 Å². The molecule has 0 saturated heterocycles. The van der Waals surface area contributed by atoms with Gasteiger partial charge >= 0.3 is 0 Å². The van der Waals surface area contributed by atoms with Gasteiger partial charge in [-0.3, -0.25) is 4.79 Å². The summed E-state index contributed by atoms with van der Waals surface area (Å²) >= 11 is 0. The first kappa shape index (κ1) is 14.9. The molecule has 0 saturated carbocycles. The fraction of sp³-hybridized carbons (Fsp3) is 0.263. The molecule has 4 rings (SSSR count). The summed E-state index contributed by atoms with van der Waals surface area (Å²) < 4.78 is 0. The normalized spacial score (nSPS) is 16.0. The molecule has 0 unspecified atom stereocenters. The van der Waals surface area contributed by atoms with Crippen LogP contribution in [0.1, 0.15) is 31.4 Å². The van der Waals surface area contributed by atoms with Crippen molar-refractivity contribution in [3.05, 3.63) is 47.5 Å². The second-order valence-electron chi connectivity index (χ2n) is 6.96. The van der Waals surface area contributed by atoms with Crippen molar-refractivity contribution in [2.75, 3.05) is 5.32 Å². The molecule has 24 heavy (non-hydrogen) atoms. The molecule has 0 spiro atoms. The molecule has 1 aromatic heterocycles. The van der Waals surface area contributed by atoms with Crippen molar-refractivity contribution in [3.8, 4) is 11.4 Å². The van der Waals surface area contributed by atoms with Gasteiger partial charge in [-0.1, -0.05) is 38.1 Å². The third-order valence-corrected chi connectivity index (χ3v) is 4.64. The molecule has 1 aliphatic rings. The van der Waals surface area contributed by atoms with Crippen LogP contribution < -0.4 is 5.32 Å². The smallest absolute Gasteiger partial charge is 0.225 e. The molecular formula is C19H19N3O2. The van der Waals surface area contributed by atoms with Crippen LogP contribution in [0.5, 0.6) is 0 Å². The van der Waals surface area contributed by atoms with E-state index in [1.54, 1.807) is 0 Å². The van der Waals surface area contributed by atoms with Gasteiger partial charge in [0.05, 0.1) is 17.6 Å². The van der Waals surface area contributed by atoms with E-state index >= 15 is 0 Å². The molecular weight excluding hydrogens is 302 g/mol. The molecule has 1 amide bonds. The second kappa shape index (κ2) is 5.18. The molecule has 3 N–H and O–H groups in total. The number of imidazole rings is 1. The van der Waals surface area contributed by atoms with Crippen LogP contribution >= 0.6 is 0 Å². The van der Waals surface area contributed by atoms with Crippen LogP contribution in [0, 0.1) is 0 Å². The fourth-order valence-corrected chi connectivity index (χ4v) is 3.32. The molecule has 5 heteroatoms. The minimum Gasteiger partial charge on any atom is -0.392 e. The number of aromatic nitrogens is 2. The average Bonchev–Trinajstić information content (AvgIpc) is 2.95. The summed E-state index contributed by atoms with van der Waals surface area (Å²) in [6, 6.07) is 11.7. The van der Waals surface area contributed by atoms with E-state index in [9.17, 15) is 4.79 Å². The number of H-pyrrole nitrogens is 1. The number of amides is 1. The first-order chi connectivity index (χ1) is 11.5. The van der Waals surface area contributed by atoms with Crippen LogP contribution in [0.4, 0.5) is 5.69 Å². The average molecular weight is 321 g/mol. The summed E-state index contributed by atoms with van der Waals surface area (Å²) in [5.41, 5.74) is 5.39. The Kier molecular flexibility index (Phi) is 3.21. The summed E-state index contributed by atoms with van der Waals surface area (Å²) in [5, 5.41) is 12.1. The number of nitrogens with one attached hydrogen (secondary N) is 2. The van der Waals surface area contributed by atoms with Crippen molar-refractivity contribution in [2.24, 2.45) is 0 Å². The molecule has 0 bridgehead atoms. The lowest BCUT2D eigenvalue weighted by atomic mass is 9.78. The van der Waals surface area contributed by atoms with Crippen molar-refractivity contribution in [1.29, 1.82) is 0 Å². The number of anilines is 1. The highest BCUT2D eigenvalue weighted by Gasteiger charge is 2.32. The number of aliphatic hydroxyl groups is 1. The van der Waals surface area contributed by atoms with Gasteiger partial charge in [0, 0.05) is 23.1 Å². The molecule has 2 aromatic carbocycles. The lowest BCUT2D eigenvalue weighted by molar-refractivity contribution is -0.117. The van der Waals surface area contributed by atoms with Gasteiger partial charge in [-0.2, -0.15) is 0 Å². The largest absolute Gasteiger partial charge is 0.392 e. The standard InChI is InChI=1S/C19H19N3O2/c1-19(2)9-17(24)20-14-8-16-15(7-13(14)19)21-18(22-16)12-5-3-11(10-23)4-6-12/h3-8,23H,9-10H2,1-2H3,(H,20,24)(H,21,22). The van der Waals surface area contributed by atoms with Crippen molar-refractivity contribution < 1.29 is 9.90 Å². The number of hydrogen-bond acceptors (Lipinski definition) is 3. The van der Waals surface area contributed by atoms with Gasteiger partial charge in [-0.05, 0) is 23.3 Å². The molecule has 0 atom stereocenters. The maximum absolute atomic E-state index is 11.9. The number of carbonyl (C=O) groups is 1. The van der Waals surface area contributed by atoms with E-state index < -0.39 is 0 Å². The Morgan fingerprint density at radius 3 is 2.67 bits per heavy atom. The van der Waals surface area contributed by atoms with Crippen LogP contribution in [0.2, 0.25) is 0 Å². The monoisotopic (exact) mass is 321 g/mol. The number of nitrogens with zero attached hydrogens (tertiary/aromatic N) is 1.